The number of aromatic nitrogens is 3. The number of anilines is 1. The lowest BCUT2D eigenvalue weighted by atomic mass is 9.87. The first-order valence-corrected chi connectivity index (χ1v) is 10.8. The molecular formula is C22H29N5O2. The maximum absolute atomic E-state index is 13.1. The van der Waals surface area contributed by atoms with Gasteiger partial charge in [-0.2, -0.15) is 0 Å². The fourth-order valence-corrected chi connectivity index (χ4v) is 4.92. The van der Waals surface area contributed by atoms with Gasteiger partial charge in [0.15, 0.2) is 0 Å². The monoisotopic (exact) mass is 395 g/mol. The number of carbonyl (C=O) groups is 1. The van der Waals surface area contributed by atoms with Crippen LogP contribution in [0.15, 0.2) is 30.3 Å². The first kappa shape index (κ1) is 18.6. The predicted octanol–water partition coefficient (Wildman–Crippen LogP) is 2.37. The largest absolute Gasteiger partial charge is 0.381 e. The van der Waals surface area contributed by atoms with Gasteiger partial charge in [-0.15, -0.1) is 10.2 Å². The van der Waals surface area contributed by atoms with E-state index in [1.807, 2.05) is 11.0 Å². The molecule has 5 rings (SSSR count). The van der Waals surface area contributed by atoms with Crippen LogP contribution in [0.2, 0.25) is 0 Å². The van der Waals surface area contributed by atoms with E-state index in [2.05, 4.69) is 43.9 Å². The molecule has 1 unspecified atom stereocenters. The summed E-state index contributed by atoms with van der Waals surface area (Å²) < 4.78 is 7.74. The van der Waals surface area contributed by atoms with E-state index < -0.39 is 0 Å². The maximum Gasteiger partial charge on any atom is 0.291 e. The second-order valence-electron chi connectivity index (χ2n) is 8.68. The van der Waals surface area contributed by atoms with Crippen molar-refractivity contribution in [3.63, 3.8) is 0 Å². The average Bonchev–Trinajstić information content (AvgIpc) is 3.55. The van der Waals surface area contributed by atoms with Crippen molar-refractivity contribution in [2.45, 2.75) is 38.6 Å². The van der Waals surface area contributed by atoms with Crippen molar-refractivity contribution >= 4 is 11.9 Å². The van der Waals surface area contributed by atoms with Crippen molar-refractivity contribution in [1.82, 2.24) is 19.7 Å². The van der Waals surface area contributed by atoms with Crippen LogP contribution in [0, 0.1) is 5.41 Å². The molecular weight excluding hydrogens is 366 g/mol. The van der Waals surface area contributed by atoms with Crippen molar-refractivity contribution < 1.29 is 9.53 Å². The Bertz CT molecular complexity index is 853. The molecule has 3 aliphatic rings. The summed E-state index contributed by atoms with van der Waals surface area (Å²) >= 11 is 0. The fraction of sp³-hybridized carbons (Fsp3) is 0.591. The molecule has 0 aliphatic carbocycles. The maximum atomic E-state index is 13.1. The molecule has 1 amide bonds. The van der Waals surface area contributed by atoms with Gasteiger partial charge in [-0.05, 0) is 37.7 Å². The third kappa shape index (κ3) is 3.64. The molecule has 0 N–H and O–H groups in total. The fourth-order valence-electron chi connectivity index (χ4n) is 4.92. The summed E-state index contributed by atoms with van der Waals surface area (Å²) in [7, 11) is 0. The highest BCUT2D eigenvalue weighted by Crippen LogP contribution is 2.39. The van der Waals surface area contributed by atoms with Crippen molar-refractivity contribution in [2.75, 3.05) is 44.3 Å². The molecule has 1 atom stereocenters. The number of benzene rings is 1. The molecule has 29 heavy (non-hydrogen) atoms. The zero-order valence-electron chi connectivity index (χ0n) is 16.9. The van der Waals surface area contributed by atoms with Crippen molar-refractivity contribution in [1.29, 1.82) is 0 Å². The minimum Gasteiger partial charge on any atom is -0.381 e. The van der Waals surface area contributed by atoms with Crippen molar-refractivity contribution in [2.24, 2.45) is 5.41 Å². The van der Waals surface area contributed by atoms with Gasteiger partial charge < -0.3 is 14.5 Å². The number of likely N-dealkylation sites (tertiary alicyclic amines) is 1. The van der Waals surface area contributed by atoms with Gasteiger partial charge in [-0.25, -0.2) is 0 Å². The number of ether oxygens (including phenoxy) is 1. The molecule has 1 aromatic heterocycles. The number of rotatable bonds is 5. The number of carbonyl (C=O) groups excluding carboxylic acids is 1. The highest BCUT2D eigenvalue weighted by molar-refractivity contribution is 5.91. The molecule has 2 aromatic rings. The molecule has 1 aromatic carbocycles. The Hall–Kier alpha value is -2.41. The van der Waals surface area contributed by atoms with Gasteiger partial charge in [0, 0.05) is 44.7 Å². The van der Waals surface area contributed by atoms with E-state index in [4.69, 9.17) is 4.74 Å². The van der Waals surface area contributed by atoms with Gasteiger partial charge in [0.05, 0.1) is 6.61 Å². The highest BCUT2D eigenvalue weighted by atomic mass is 16.5. The number of amides is 1. The smallest absolute Gasteiger partial charge is 0.291 e. The first-order valence-electron chi connectivity index (χ1n) is 10.8. The van der Waals surface area contributed by atoms with Crippen LogP contribution >= 0.6 is 0 Å². The molecule has 3 saturated heterocycles. The minimum absolute atomic E-state index is 0.0208. The van der Waals surface area contributed by atoms with Crippen LogP contribution in [0.3, 0.4) is 0 Å². The number of hydrogen-bond donors (Lipinski definition) is 0. The zero-order valence-corrected chi connectivity index (χ0v) is 16.9. The minimum atomic E-state index is 0.0208. The number of hydrogen-bond acceptors (Lipinski definition) is 5. The Balaban J connectivity index is 1.41. The Morgan fingerprint density at radius 3 is 2.66 bits per heavy atom. The molecule has 0 bridgehead atoms. The van der Waals surface area contributed by atoms with Gasteiger partial charge in [0.1, 0.15) is 0 Å². The van der Waals surface area contributed by atoms with E-state index in [1.165, 1.54) is 5.56 Å². The third-order valence-corrected chi connectivity index (χ3v) is 6.69. The molecule has 4 heterocycles. The second kappa shape index (κ2) is 7.78. The molecule has 0 radical (unpaired) electrons. The lowest BCUT2D eigenvalue weighted by Gasteiger charge is -2.23. The Morgan fingerprint density at radius 2 is 1.90 bits per heavy atom. The Morgan fingerprint density at radius 1 is 1.07 bits per heavy atom. The Labute approximate surface area is 171 Å². The molecule has 0 saturated carbocycles. The summed E-state index contributed by atoms with van der Waals surface area (Å²) in [5, 5.41) is 8.89. The molecule has 154 valence electrons. The first-order chi connectivity index (χ1) is 14.2. The average molecular weight is 396 g/mol. The summed E-state index contributed by atoms with van der Waals surface area (Å²) in [6, 6.07) is 10.4. The van der Waals surface area contributed by atoms with E-state index in [9.17, 15) is 4.79 Å². The van der Waals surface area contributed by atoms with Crippen LogP contribution in [0.4, 0.5) is 5.95 Å². The number of aryl methyl sites for hydroxylation is 1. The summed E-state index contributed by atoms with van der Waals surface area (Å²) in [6.45, 7) is 5.93. The second-order valence-corrected chi connectivity index (χ2v) is 8.68. The quantitative estimate of drug-likeness (QED) is 0.778. The van der Waals surface area contributed by atoms with Gasteiger partial charge in [0.25, 0.3) is 5.91 Å². The Kier molecular flexibility index (Phi) is 4.99. The van der Waals surface area contributed by atoms with E-state index in [0.717, 1.165) is 77.4 Å². The van der Waals surface area contributed by atoms with Crippen LogP contribution in [-0.2, 0) is 17.7 Å². The van der Waals surface area contributed by atoms with Gasteiger partial charge in [-0.1, -0.05) is 30.3 Å². The van der Waals surface area contributed by atoms with E-state index in [0.29, 0.717) is 12.4 Å². The van der Waals surface area contributed by atoms with Gasteiger partial charge in [0.2, 0.25) is 11.8 Å². The number of nitrogens with zero attached hydrogens (tertiary/aromatic N) is 5. The summed E-state index contributed by atoms with van der Waals surface area (Å²) in [6.07, 6.45) is 5.24. The predicted molar refractivity (Wildman–Crippen MR) is 110 cm³/mol. The van der Waals surface area contributed by atoms with Crippen LogP contribution in [0.25, 0.3) is 0 Å². The molecule has 3 aliphatic heterocycles. The zero-order chi connectivity index (χ0) is 19.7. The third-order valence-electron chi connectivity index (χ3n) is 6.69. The van der Waals surface area contributed by atoms with Crippen LogP contribution in [-0.4, -0.2) is 65.0 Å². The lowest BCUT2D eigenvalue weighted by molar-refractivity contribution is 0.0775. The van der Waals surface area contributed by atoms with Gasteiger partial charge in [-0.3, -0.25) is 9.36 Å². The molecule has 7 heteroatoms. The van der Waals surface area contributed by atoms with Gasteiger partial charge >= 0.3 is 0 Å². The van der Waals surface area contributed by atoms with Crippen LogP contribution in [0.1, 0.15) is 41.9 Å². The van der Waals surface area contributed by atoms with Crippen LogP contribution in [0.5, 0.6) is 0 Å². The highest BCUT2D eigenvalue weighted by Gasteiger charge is 2.43. The standard InChI is InChI=1S/C22H29N5O2/c28-20(25-11-4-5-12-25)19-23-24-21(26-14-9-22(16-26)10-15-29-17-22)27(19)13-8-18-6-2-1-3-7-18/h1-3,6-7H,4-5,8-17H2. The van der Waals surface area contributed by atoms with Crippen molar-refractivity contribution in [3.05, 3.63) is 41.7 Å². The molecule has 3 fully saturated rings. The lowest BCUT2D eigenvalue weighted by Crippen LogP contribution is -2.32. The van der Waals surface area contributed by atoms with E-state index >= 15 is 0 Å². The SMILES string of the molecule is O=C(c1nnc(N2CCC3(CCOC3)C2)n1CCc1ccccc1)N1CCCC1. The summed E-state index contributed by atoms with van der Waals surface area (Å²) in [5.74, 6) is 1.35. The summed E-state index contributed by atoms with van der Waals surface area (Å²) in [5.41, 5.74) is 1.50. The van der Waals surface area contributed by atoms with E-state index in [1.54, 1.807) is 0 Å². The summed E-state index contributed by atoms with van der Waals surface area (Å²) in [4.78, 5) is 17.4. The normalized spacial score (nSPS) is 24.1. The molecule has 1 spiro atoms. The van der Waals surface area contributed by atoms with Crippen molar-refractivity contribution in [3.8, 4) is 0 Å². The molecule has 7 nitrogen and oxygen atoms in total. The van der Waals surface area contributed by atoms with E-state index in [-0.39, 0.29) is 11.3 Å². The topological polar surface area (TPSA) is 63.5 Å². The van der Waals surface area contributed by atoms with Crippen LogP contribution < -0.4 is 4.90 Å².